The van der Waals surface area contributed by atoms with Gasteiger partial charge in [0.15, 0.2) is 5.78 Å². The molecule has 1 N–H and O–H groups in total. The Balaban J connectivity index is 1.57. The number of hydrogen-bond acceptors (Lipinski definition) is 3. The summed E-state index contributed by atoms with van der Waals surface area (Å²) in [7, 11) is 0. The molecule has 0 bridgehead atoms. The van der Waals surface area contributed by atoms with Gasteiger partial charge in [0.05, 0.1) is 6.42 Å². The molecule has 0 aliphatic carbocycles. The van der Waals surface area contributed by atoms with Crippen LogP contribution in [0.2, 0.25) is 0 Å². The van der Waals surface area contributed by atoms with E-state index in [0.717, 1.165) is 31.6 Å². The first kappa shape index (κ1) is 17.2. The third-order valence-corrected chi connectivity index (χ3v) is 4.89. The van der Waals surface area contributed by atoms with E-state index in [-0.39, 0.29) is 18.6 Å². The van der Waals surface area contributed by atoms with Gasteiger partial charge < -0.3 is 10.0 Å². The Bertz CT molecular complexity index is 717. The van der Waals surface area contributed by atoms with Gasteiger partial charge >= 0.3 is 5.97 Å². The summed E-state index contributed by atoms with van der Waals surface area (Å²) < 4.78 is 0. The second-order valence-corrected chi connectivity index (χ2v) is 6.54. The number of hydrogen-bond donors (Lipinski definition) is 1. The average molecular weight is 337 g/mol. The van der Waals surface area contributed by atoms with Crippen LogP contribution in [0.1, 0.15) is 47.5 Å². The summed E-state index contributed by atoms with van der Waals surface area (Å²) in [6, 6.07) is 18.2. The van der Waals surface area contributed by atoms with Crippen molar-refractivity contribution in [2.45, 2.75) is 31.6 Å². The maximum absolute atomic E-state index is 12.0. The molecule has 1 aliphatic heterocycles. The topological polar surface area (TPSA) is 57.6 Å². The lowest BCUT2D eigenvalue weighted by atomic mass is 9.89. The fourth-order valence-electron chi connectivity index (χ4n) is 3.42. The van der Waals surface area contributed by atoms with Gasteiger partial charge in [-0.2, -0.15) is 0 Å². The summed E-state index contributed by atoms with van der Waals surface area (Å²) in [6.45, 7) is 2.01. The van der Waals surface area contributed by atoms with Crippen molar-refractivity contribution in [1.29, 1.82) is 0 Å². The van der Waals surface area contributed by atoms with Gasteiger partial charge in [-0.3, -0.25) is 9.59 Å². The van der Waals surface area contributed by atoms with E-state index in [1.54, 1.807) is 0 Å². The molecule has 1 heterocycles. The van der Waals surface area contributed by atoms with E-state index in [4.69, 9.17) is 5.11 Å². The number of carboxylic acids is 1. The Labute approximate surface area is 148 Å². The number of nitrogens with zero attached hydrogens (tertiary/aromatic N) is 1. The van der Waals surface area contributed by atoms with Crippen molar-refractivity contribution in [3.63, 3.8) is 0 Å². The van der Waals surface area contributed by atoms with Crippen LogP contribution in [0.5, 0.6) is 0 Å². The van der Waals surface area contributed by atoms with Crippen molar-refractivity contribution in [3.05, 3.63) is 65.7 Å². The Morgan fingerprint density at radius 3 is 2.16 bits per heavy atom. The van der Waals surface area contributed by atoms with E-state index >= 15 is 0 Å². The van der Waals surface area contributed by atoms with E-state index < -0.39 is 5.97 Å². The van der Waals surface area contributed by atoms with Crippen LogP contribution in [0.15, 0.2) is 54.6 Å². The van der Waals surface area contributed by atoms with Gasteiger partial charge in [-0.05, 0) is 48.6 Å². The molecule has 0 atom stereocenters. The maximum atomic E-state index is 12.0. The molecule has 130 valence electrons. The highest BCUT2D eigenvalue weighted by molar-refractivity contribution is 5.97. The number of piperidine rings is 1. The molecule has 1 fully saturated rings. The number of carboxylic acid groups (broad SMARTS) is 1. The van der Waals surface area contributed by atoms with Gasteiger partial charge in [-0.25, -0.2) is 0 Å². The highest BCUT2D eigenvalue weighted by Gasteiger charge is 2.20. The van der Waals surface area contributed by atoms with Crippen LogP contribution >= 0.6 is 0 Å². The maximum Gasteiger partial charge on any atom is 0.303 e. The number of carbonyl (C=O) groups excluding carboxylic acids is 1. The predicted octanol–water partition coefficient (Wildman–Crippen LogP) is 4.12. The quantitative estimate of drug-likeness (QED) is 0.806. The Hall–Kier alpha value is -2.62. The molecule has 0 unspecified atom stereocenters. The van der Waals surface area contributed by atoms with Gasteiger partial charge in [0.1, 0.15) is 0 Å². The molecule has 1 saturated heterocycles. The lowest BCUT2D eigenvalue weighted by Gasteiger charge is -2.34. The van der Waals surface area contributed by atoms with Crippen LogP contribution in [-0.4, -0.2) is 29.9 Å². The molecule has 0 spiro atoms. The van der Waals surface area contributed by atoms with Crippen LogP contribution < -0.4 is 4.90 Å². The van der Waals surface area contributed by atoms with Crippen molar-refractivity contribution >= 4 is 17.4 Å². The summed E-state index contributed by atoms with van der Waals surface area (Å²) in [5.74, 6) is -0.433. The van der Waals surface area contributed by atoms with Crippen LogP contribution in [0.25, 0.3) is 0 Å². The van der Waals surface area contributed by atoms with Gasteiger partial charge in [0.25, 0.3) is 0 Å². The molecule has 3 rings (SSSR count). The number of Topliss-reactive ketones (excluding diaryl/α,β-unsaturated/α-hetero) is 1. The third-order valence-electron chi connectivity index (χ3n) is 4.89. The fraction of sp³-hybridized carbons (Fsp3) is 0.333. The van der Waals surface area contributed by atoms with E-state index in [2.05, 4.69) is 35.2 Å². The molecule has 1 aliphatic rings. The Kier molecular flexibility index (Phi) is 5.49. The summed E-state index contributed by atoms with van der Waals surface area (Å²) in [5.41, 5.74) is 3.13. The highest BCUT2D eigenvalue weighted by Crippen LogP contribution is 2.30. The van der Waals surface area contributed by atoms with Gasteiger partial charge in [0.2, 0.25) is 0 Å². The largest absolute Gasteiger partial charge is 0.481 e. The standard InChI is InChI=1S/C21H23NO3/c23-20(10-11-21(24)25)18-6-8-19(9-7-18)22-14-12-17(13-15-22)16-4-2-1-3-5-16/h1-9,17H,10-15H2,(H,24,25). The van der Waals surface area contributed by atoms with E-state index in [1.807, 2.05) is 24.3 Å². The van der Waals surface area contributed by atoms with Crippen molar-refractivity contribution in [2.75, 3.05) is 18.0 Å². The van der Waals surface area contributed by atoms with Crippen molar-refractivity contribution < 1.29 is 14.7 Å². The predicted molar refractivity (Wildman–Crippen MR) is 98.3 cm³/mol. The van der Waals surface area contributed by atoms with Crippen LogP contribution in [0.3, 0.4) is 0 Å². The highest BCUT2D eigenvalue weighted by atomic mass is 16.4. The summed E-state index contributed by atoms with van der Waals surface area (Å²) >= 11 is 0. The first-order chi connectivity index (χ1) is 12.1. The first-order valence-electron chi connectivity index (χ1n) is 8.78. The van der Waals surface area contributed by atoms with Crippen molar-refractivity contribution in [1.82, 2.24) is 0 Å². The summed E-state index contributed by atoms with van der Waals surface area (Å²) in [5, 5.41) is 8.67. The number of ketones is 1. The number of carbonyl (C=O) groups is 2. The van der Waals surface area contributed by atoms with Crippen molar-refractivity contribution in [3.8, 4) is 0 Å². The molecule has 25 heavy (non-hydrogen) atoms. The molecule has 4 heteroatoms. The molecule has 0 amide bonds. The fourth-order valence-corrected chi connectivity index (χ4v) is 3.42. The van der Waals surface area contributed by atoms with Gasteiger partial charge in [0, 0.05) is 30.8 Å². The number of rotatable bonds is 6. The SMILES string of the molecule is O=C(O)CCC(=O)c1ccc(N2CCC(c3ccccc3)CC2)cc1. The molecular weight excluding hydrogens is 314 g/mol. The zero-order chi connectivity index (χ0) is 17.6. The molecule has 2 aromatic rings. The second-order valence-electron chi connectivity index (χ2n) is 6.54. The van der Waals surface area contributed by atoms with Crippen LogP contribution in [0, 0.1) is 0 Å². The van der Waals surface area contributed by atoms with Gasteiger partial charge in [-0.1, -0.05) is 30.3 Å². The molecule has 4 nitrogen and oxygen atoms in total. The summed E-state index contributed by atoms with van der Waals surface area (Å²) in [4.78, 5) is 24.9. The van der Waals surface area contributed by atoms with Gasteiger partial charge in [-0.15, -0.1) is 0 Å². The number of anilines is 1. The zero-order valence-corrected chi connectivity index (χ0v) is 14.2. The van der Waals surface area contributed by atoms with Crippen molar-refractivity contribution in [2.24, 2.45) is 0 Å². The third kappa shape index (κ3) is 4.47. The second kappa shape index (κ2) is 7.97. The molecule has 2 aromatic carbocycles. The lowest BCUT2D eigenvalue weighted by Crippen LogP contribution is -2.32. The lowest BCUT2D eigenvalue weighted by molar-refractivity contribution is -0.136. The van der Waals surface area contributed by atoms with Crippen LogP contribution in [0.4, 0.5) is 5.69 Å². The van der Waals surface area contributed by atoms with E-state index in [9.17, 15) is 9.59 Å². The monoisotopic (exact) mass is 337 g/mol. The number of aliphatic carboxylic acids is 1. The molecule has 0 aromatic heterocycles. The minimum Gasteiger partial charge on any atom is -0.481 e. The van der Waals surface area contributed by atoms with E-state index in [1.165, 1.54) is 5.56 Å². The number of benzene rings is 2. The smallest absolute Gasteiger partial charge is 0.303 e. The molecular formula is C21H23NO3. The summed E-state index contributed by atoms with van der Waals surface area (Å²) in [6.07, 6.45) is 2.19. The first-order valence-corrected chi connectivity index (χ1v) is 8.78. The zero-order valence-electron chi connectivity index (χ0n) is 14.2. The molecule has 0 radical (unpaired) electrons. The normalized spacial score (nSPS) is 15.1. The Morgan fingerprint density at radius 1 is 0.920 bits per heavy atom. The average Bonchev–Trinajstić information content (AvgIpc) is 2.67. The minimum absolute atomic E-state index is 0.0527. The van der Waals surface area contributed by atoms with E-state index in [0.29, 0.717) is 11.5 Å². The minimum atomic E-state index is -0.939. The van der Waals surface area contributed by atoms with Crippen LogP contribution in [-0.2, 0) is 4.79 Å². The molecule has 0 saturated carbocycles. The Morgan fingerprint density at radius 2 is 1.56 bits per heavy atom.